The summed E-state index contributed by atoms with van der Waals surface area (Å²) in [5.41, 5.74) is -0.768. The Balaban J connectivity index is 1.39. The Morgan fingerprint density at radius 3 is 2.56 bits per heavy atom. The van der Waals surface area contributed by atoms with Crippen molar-refractivity contribution in [3.63, 3.8) is 0 Å². The summed E-state index contributed by atoms with van der Waals surface area (Å²) in [7, 11) is 0. The number of halogens is 4. The number of ether oxygens (including phenoxy) is 1. The van der Waals surface area contributed by atoms with E-state index in [1.54, 1.807) is 11.0 Å². The molecule has 0 unspecified atom stereocenters. The first-order valence-electron chi connectivity index (χ1n) is 10.0. The van der Waals surface area contributed by atoms with Crippen molar-refractivity contribution in [1.29, 1.82) is 0 Å². The minimum absolute atomic E-state index is 0.0512. The second-order valence-corrected chi connectivity index (χ2v) is 7.74. The van der Waals surface area contributed by atoms with Crippen molar-refractivity contribution in [2.45, 2.75) is 43.6 Å². The van der Waals surface area contributed by atoms with Gasteiger partial charge < -0.3 is 9.64 Å². The fourth-order valence-corrected chi connectivity index (χ4v) is 4.51. The van der Waals surface area contributed by atoms with Gasteiger partial charge in [-0.3, -0.25) is 4.79 Å². The van der Waals surface area contributed by atoms with Crippen LogP contribution in [0.1, 0.15) is 35.2 Å². The Morgan fingerprint density at radius 2 is 1.88 bits per heavy atom. The molecule has 32 heavy (non-hydrogen) atoms. The van der Waals surface area contributed by atoms with Crippen molar-refractivity contribution >= 4 is 5.91 Å². The minimum Gasteiger partial charge on any atom is -0.472 e. The monoisotopic (exact) mass is 447 g/mol. The molecule has 7 nitrogen and oxygen atoms in total. The molecule has 4 heterocycles. The molecule has 2 aliphatic rings. The van der Waals surface area contributed by atoms with E-state index in [0.717, 1.165) is 12.5 Å². The van der Waals surface area contributed by atoms with Crippen LogP contribution in [0.3, 0.4) is 0 Å². The fraction of sp³-hybridized carbons (Fsp3) is 0.333. The van der Waals surface area contributed by atoms with E-state index in [9.17, 15) is 22.4 Å². The molecule has 1 amide bonds. The molecule has 2 bridgehead atoms. The Hall–Kier alpha value is -3.50. The lowest BCUT2D eigenvalue weighted by atomic mass is 9.98. The Morgan fingerprint density at radius 1 is 1.09 bits per heavy atom. The third-order valence-electron chi connectivity index (χ3n) is 5.89. The number of hydrogen-bond donors (Lipinski definition) is 0. The summed E-state index contributed by atoms with van der Waals surface area (Å²) in [5.74, 6) is -1.12. The molecule has 0 aliphatic carbocycles. The van der Waals surface area contributed by atoms with Gasteiger partial charge in [0.25, 0.3) is 5.91 Å². The molecular weight excluding hydrogens is 430 g/mol. The number of hydrogen-bond acceptors (Lipinski definition) is 5. The van der Waals surface area contributed by atoms with Crippen molar-refractivity contribution in [3.05, 3.63) is 65.9 Å². The highest BCUT2D eigenvalue weighted by molar-refractivity contribution is 5.98. The lowest BCUT2D eigenvalue weighted by Crippen LogP contribution is -2.40. The Labute approximate surface area is 179 Å². The van der Waals surface area contributed by atoms with Crippen molar-refractivity contribution in [3.8, 4) is 11.6 Å². The van der Waals surface area contributed by atoms with Gasteiger partial charge in [0.1, 0.15) is 23.2 Å². The molecule has 166 valence electrons. The average Bonchev–Trinajstić information content (AvgIpc) is 3.49. The Bertz CT molecular complexity index is 1130. The Kier molecular flexibility index (Phi) is 4.83. The maximum atomic E-state index is 14.7. The molecule has 11 heteroatoms. The second-order valence-electron chi connectivity index (χ2n) is 7.74. The van der Waals surface area contributed by atoms with E-state index >= 15 is 0 Å². The summed E-state index contributed by atoms with van der Waals surface area (Å²) in [6, 6.07) is 5.82. The number of nitrogens with zero attached hydrogens (tertiary/aromatic N) is 5. The molecule has 2 aliphatic heterocycles. The molecular formula is C21H17F4N5O2. The number of benzene rings is 1. The van der Waals surface area contributed by atoms with Crippen LogP contribution in [0.25, 0.3) is 5.69 Å². The zero-order valence-corrected chi connectivity index (χ0v) is 16.5. The lowest BCUT2D eigenvalue weighted by Gasteiger charge is -2.25. The predicted molar refractivity (Wildman–Crippen MR) is 103 cm³/mol. The van der Waals surface area contributed by atoms with Crippen LogP contribution in [0.5, 0.6) is 5.88 Å². The number of carbonyl (C=O) groups is 1. The summed E-state index contributed by atoms with van der Waals surface area (Å²) in [6.07, 6.45) is 0.518. The largest absolute Gasteiger partial charge is 0.472 e. The zero-order valence-electron chi connectivity index (χ0n) is 16.5. The zero-order chi connectivity index (χ0) is 22.5. The van der Waals surface area contributed by atoms with Gasteiger partial charge in [-0.25, -0.2) is 9.37 Å². The van der Waals surface area contributed by atoms with E-state index in [2.05, 4.69) is 15.2 Å². The van der Waals surface area contributed by atoms with Crippen LogP contribution in [0.15, 0.2) is 48.9 Å². The maximum absolute atomic E-state index is 14.7. The van der Waals surface area contributed by atoms with E-state index in [4.69, 9.17) is 4.74 Å². The first-order valence-corrected chi connectivity index (χ1v) is 10.0. The van der Waals surface area contributed by atoms with Crippen molar-refractivity contribution < 1.29 is 27.1 Å². The fourth-order valence-electron chi connectivity index (χ4n) is 4.51. The molecule has 5 rings (SSSR count). The normalized spacial score (nSPS) is 22.4. The van der Waals surface area contributed by atoms with Crippen LogP contribution in [0, 0.1) is 5.82 Å². The maximum Gasteiger partial charge on any atom is 0.417 e. The SMILES string of the molecule is O=C(c1c(F)cccc1-n1nccn1)N1[C@@H]2CC[C@H]1[C@H](Oc1ccc(C(F)(F)F)cn1)C2. The van der Waals surface area contributed by atoms with Gasteiger partial charge in [0.2, 0.25) is 5.88 Å². The highest BCUT2D eigenvalue weighted by Gasteiger charge is 2.51. The van der Waals surface area contributed by atoms with Crippen LogP contribution in [-0.4, -0.2) is 49.0 Å². The van der Waals surface area contributed by atoms with Gasteiger partial charge in [0, 0.05) is 24.7 Å². The number of pyridine rings is 1. The number of amides is 1. The third kappa shape index (κ3) is 3.47. The van der Waals surface area contributed by atoms with E-state index in [1.807, 2.05) is 0 Å². The molecule has 0 radical (unpaired) electrons. The third-order valence-corrected chi connectivity index (χ3v) is 5.89. The van der Waals surface area contributed by atoms with Gasteiger partial charge in [0.15, 0.2) is 0 Å². The molecule has 0 N–H and O–H groups in total. The van der Waals surface area contributed by atoms with Crippen molar-refractivity contribution in [2.24, 2.45) is 0 Å². The summed E-state index contributed by atoms with van der Waals surface area (Å²) in [5, 5.41) is 8.00. The van der Waals surface area contributed by atoms with Gasteiger partial charge in [-0.1, -0.05) is 6.07 Å². The quantitative estimate of drug-likeness (QED) is 0.571. The first-order chi connectivity index (χ1) is 15.3. The summed E-state index contributed by atoms with van der Waals surface area (Å²) in [6.45, 7) is 0. The summed E-state index contributed by atoms with van der Waals surface area (Å²) < 4.78 is 58.8. The predicted octanol–water partition coefficient (Wildman–Crippen LogP) is 3.64. The van der Waals surface area contributed by atoms with Gasteiger partial charge in [-0.05, 0) is 31.0 Å². The number of alkyl halides is 3. The molecule has 1 aromatic carbocycles. The molecule has 2 saturated heterocycles. The average molecular weight is 447 g/mol. The van der Waals surface area contributed by atoms with E-state index < -0.39 is 29.6 Å². The van der Waals surface area contributed by atoms with Crippen molar-refractivity contribution in [1.82, 2.24) is 24.9 Å². The number of rotatable bonds is 4. The smallest absolute Gasteiger partial charge is 0.417 e. The standard InChI is InChI=1S/C21H17F4N5O2/c22-14-2-1-3-16(30-27-8-9-28-30)19(14)20(31)29-13-5-6-15(29)17(10-13)32-18-7-4-12(11-26-18)21(23,24)25/h1-4,7-9,11,13,15,17H,5-6,10H2/t13-,15+,17-/m1/s1. The molecule has 3 aromatic rings. The minimum atomic E-state index is -4.48. The summed E-state index contributed by atoms with van der Waals surface area (Å²) in [4.78, 5) is 20.0. The van der Waals surface area contributed by atoms with Crippen molar-refractivity contribution in [2.75, 3.05) is 0 Å². The van der Waals surface area contributed by atoms with Crippen LogP contribution in [0.4, 0.5) is 17.6 Å². The van der Waals surface area contributed by atoms with Gasteiger partial charge in [-0.2, -0.15) is 28.2 Å². The van der Waals surface area contributed by atoms with E-state index in [-0.39, 0.29) is 29.2 Å². The van der Waals surface area contributed by atoms with Crippen LogP contribution < -0.4 is 4.74 Å². The van der Waals surface area contributed by atoms with Gasteiger partial charge in [0.05, 0.1) is 24.0 Å². The van der Waals surface area contributed by atoms with Crippen LogP contribution in [-0.2, 0) is 6.18 Å². The number of carbonyl (C=O) groups excluding carboxylic acids is 1. The first kappa shape index (κ1) is 20.4. The molecule has 3 atom stereocenters. The summed E-state index contributed by atoms with van der Waals surface area (Å²) >= 11 is 0. The van der Waals surface area contributed by atoms with E-state index in [0.29, 0.717) is 19.0 Å². The highest BCUT2D eigenvalue weighted by atomic mass is 19.4. The molecule has 0 saturated carbocycles. The number of fused-ring (bicyclic) bond motifs is 2. The van der Waals surface area contributed by atoms with Gasteiger partial charge in [-0.15, -0.1) is 0 Å². The highest BCUT2D eigenvalue weighted by Crippen LogP contribution is 2.41. The van der Waals surface area contributed by atoms with Gasteiger partial charge >= 0.3 is 6.18 Å². The number of aromatic nitrogens is 4. The van der Waals surface area contributed by atoms with Crippen LogP contribution in [0.2, 0.25) is 0 Å². The second kappa shape index (κ2) is 7.57. The topological polar surface area (TPSA) is 73.1 Å². The molecule has 2 fully saturated rings. The lowest BCUT2D eigenvalue weighted by molar-refractivity contribution is -0.137. The molecule has 0 spiro atoms. The molecule has 2 aromatic heterocycles. The van der Waals surface area contributed by atoms with Crippen LogP contribution >= 0.6 is 0 Å². The van der Waals surface area contributed by atoms with E-state index in [1.165, 1.54) is 35.4 Å².